The van der Waals surface area contributed by atoms with Crippen LogP contribution in [0.4, 0.5) is 0 Å². The average Bonchev–Trinajstić information content (AvgIpc) is 2.73. The lowest BCUT2D eigenvalue weighted by Crippen LogP contribution is -2.20. The number of nitrogens with zero attached hydrogens (tertiary/aromatic N) is 1. The van der Waals surface area contributed by atoms with Crippen LogP contribution in [-0.4, -0.2) is 10.5 Å². The molecule has 0 saturated heterocycles. The zero-order valence-electron chi connectivity index (χ0n) is 8.81. The summed E-state index contributed by atoms with van der Waals surface area (Å²) in [5.74, 6) is -0.356. The van der Waals surface area contributed by atoms with Crippen molar-refractivity contribution < 1.29 is 4.79 Å². The van der Waals surface area contributed by atoms with Crippen molar-refractivity contribution in [3.05, 3.63) is 47.7 Å². The van der Waals surface area contributed by atoms with Gasteiger partial charge in [-0.15, -0.1) is 0 Å². The van der Waals surface area contributed by atoms with Crippen molar-refractivity contribution in [2.45, 2.75) is 13.0 Å². The lowest BCUT2D eigenvalue weighted by atomic mass is 9.99. The van der Waals surface area contributed by atoms with Gasteiger partial charge in [-0.2, -0.15) is 0 Å². The summed E-state index contributed by atoms with van der Waals surface area (Å²) in [7, 11) is 0. The molecule has 0 bridgehead atoms. The van der Waals surface area contributed by atoms with E-state index in [9.17, 15) is 4.79 Å². The van der Waals surface area contributed by atoms with Crippen LogP contribution in [0.25, 0.3) is 11.3 Å². The number of aromatic nitrogens is 1. The molecule has 3 rings (SSSR count). The van der Waals surface area contributed by atoms with Crippen LogP contribution in [0.5, 0.6) is 0 Å². The lowest BCUT2D eigenvalue weighted by molar-refractivity contribution is 0.0991. The van der Waals surface area contributed by atoms with E-state index in [0.717, 1.165) is 18.7 Å². The van der Waals surface area contributed by atoms with Crippen molar-refractivity contribution in [2.75, 3.05) is 0 Å². The fourth-order valence-electron chi connectivity index (χ4n) is 2.38. The van der Waals surface area contributed by atoms with Crippen molar-refractivity contribution in [3.8, 4) is 11.3 Å². The largest absolute Gasteiger partial charge is 0.364 e. The molecule has 16 heavy (non-hydrogen) atoms. The highest BCUT2D eigenvalue weighted by Gasteiger charge is 2.19. The summed E-state index contributed by atoms with van der Waals surface area (Å²) in [6.07, 6.45) is 0.956. The first kappa shape index (κ1) is 9.21. The molecule has 0 aliphatic carbocycles. The van der Waals surface area contributed by atoms with E-state index in [2.05, 4.69) is 12.1 Å². The Morgan fingerprint density at radius 1 is 1.19 bits per heavy atom. The molecule has 0 unspecified atom stereocenters. The van der Waals surface area contributed by atoms with Crippen molar-refractivity contribution in [3.63, 3.8) is 0 Å². The zero-order valence-corrected chi connectivity index (χ0v) is 8.81. The van der Waals surface area contributed by atoms with Crippen molar-refractivity contribution in [1.82, 2.24) is 4.57 Å². The Morgan fingerprint density at radius 2 is 2.00 bits per heavy atom. The van der Waals surface area contributed by atoms with Gasteiger partial charge in [0, 0.05) is 17.8 Å². The van der Waals surface area contributed by atoms with Crippen LogP contribution in [0.15, 0.2) is 36.4 Å². The second kappa shape index (κ2) is 3.23. The minimum Gasteiger partial charge on any atom is -0.364 e. The monoisotopic (exact) mass is 212 g/mol. The third kappa shape index (κ3) is 1.18. The molecule has 3 nitrogen and oxygen atoms in total. The highest BCUT2D eigenvalue weighted by Crippen LogP contribution is 2.30. The highest BCUT2D eigenvalue weighted by atomic mass is 16.1. The second-order valence-corrected chi connectivity index (χ2v) is 4.03. The predicted octanol–water partition coefficient (Wildman–Crippen LogP) is 1.81. The normalized spacial score (nSPS) is 13.0. The van der Waals surface area contributed by atoms with E-state index in [4.69, 9.17) is 5.73 Å². The number of hydrogen-bond donors (Lipinski definition) is 1. The van der Waals surface area contributed by atoms with E-state index in [1.807, 2.05) is 22.8 Å². The minimum absolute atomic E-state index is 0.356. The average molecular weight is 212 g/mol. The van der Waals surface area contributed by atoms with Gasteiger partial charge in [0.15, 0.2) is 0 Å². The molecule has 80 valence electrons. The van der Waals surface area contributed by atoms with Crippen LogP contribution in [-0.2, 0) is 13.0 Å². The quantitative estimate of drug-likeness (QED) is 0.770. The number of carbonyl (C=O) groups excluding carboxylic acids is 1. The number of rotatable bonds is 1. The van der Waals surface area contributed by atoms with E-state index in [1.165, 1.54) is 11.1 Å². The summed E-state index contributed by atoms with van der Waals surface area (Å²) in [4.78, 5) is 11.2. The van der Waals surface area contributed by atoms with Gasteiger partial charge in [0.25, 0.3) is 5.91 Å². The van der Waals surface area contributed by atoms with Gasteiger partial charge in [0.2, 0.25) is 0 Å². The van der Waals surface area contributed by atoms with Crippen LogP contribution in [0.3, 0.4) is 0 Å². The molecule has 2 heterocycles. The van der Waals surface area contributed by atoms with Gasteiger partial charge in [-0.05, 0) is 24.1 Å². The molecular formula is C13H12N2O. The number of amides is 1. The Kier molecular flexibility index (Phi) is 1.86. The first-order chi connectivity index (χ1) is 7.77. The Bertz CT molecular complexity index is 569. The van der Waals surface area contributed by atoms with Crippen LogP contribution in [0.2, 0.25) is 0 Å². The van der Waals surface area contributed by atoms with E-state index in [0.29, 0.717) is 5.69 Å². The molecular weight excluding hydrogens is 200 g/mol. The first-order valence-electron chi connectivity index (χ1n) is 5.35. The molecule has 1 amide bonds. The summed E-state index contributed by atoms with van der Waals surface area (Å²) in [5, 5.41) is 0. The Morgan fingerprint density at radius 3 is 2.81 bits per heavy atom. The topological polar surface area (TPSA) is 48.0 Å². The predicted molar refractivity (Wildman–Crippen MR) is 62.1 cm³/mol. The smallest absolute Gasteiger partial charge is 0.265 e. The number of fused-ring (bicyclic) bond motifs is 3. The van der Waals surface area contributed by atoms with Crippen LogP contribution >= 0.6 is 0 Å². The number of carbonyl (C=O) groups is 1. The van der Waals surface area contributed by atoms with Gasteiger partial charge < -0.3 is 10.3 Å². The maximum absolute atomic E-state index is 11.2. The number of benzene rings is 1. The Hall–Kier alpha value is -2.03. The molecule has 1 aliphatic heterocycles. The van der Waals surface area contributed by atoms with Gasteiger partial charge in [-0.1, -0.05) is 24.3 Å². The number of primary amides is 1. The van der Waals surface area contributed by atoms with E-state index in [-0.39, 0.29) is 5.91 Å². The number of nitrogens with two attached hydrogens (primary N) is 1. The summed E-state index contributed by atoms with van der Waals surface area (Å²) in [5.41, 5.74) is 9.58. The second-order valence-electron chi connectivity index (χ2n) is 4.03. The molecule has 2 aromatic rings. The van der Waals surface area contributed by atoms with E-state index in [1.54, 1.807) is 6.07 Å². The third-order valence-corrected chi connectivity index (χ3v) is 3.13. The fraction of sp³-hybridized carbons (Fsp3) is 0.154. The van der Waals surface area contributed by atoms with Gasteiger partial charge >= 0.3 is 0 Å². The molecule has 0 spiro atoms. The maximum atomic E-state index is 11.2. The molecule has 2 N–H and O–H groups in total. The van der Waals surface area contributed by atoms with E-state index < -0.39 is 0 Å². The molecule has 0 radical (unpaired) electrons. The minimum atomic E-state index is -0.356. The van der Waals surface area contributed by atoms with Gasteiger partial charge in [-0.3, -0.25) is 4.79 Å². The number of aryl methyl sites for hydroxylation is 1. The third-order valence-electron chi connectivity index (χ3n) is 3.13. The highest BCUT2D eigenvalue weighted by molar-refractivity contribution is 5.92. The molecule has 3 heteroatoms. The van der Waals surface area contributed by atoms with Crippen LogP contribution < -0.4 is 5.73 Å². The molecule has 1 aromatic heterocycles. The molecule has 0 atom stereocenters. The Labute approximate surface area is 93.5 Å². The zero-order chi connectivity index (χ0) is 11.1. The molecule has 1 aromatic carbocycles. The Balaban J connectivity index is 2.23. The van der Waals surface area contributed by atoms with Crippen LogP contribution in [0, 0.1) is 0 Å². The maximum Gasteiger partial charge on any atom is 0.265 e. The molecule has 0 fully saturated rings. The summed E-state index contributed by atoms with van der Waals surface area (Å²) >= 11 is 0. The van der Waals surface area contributed by atoms with Crippen molar-refractivity contribution >= 4 is 5.91 Å². The SMILES string of the molecule is NC(=O)c1ccc2n1CCc1ccccc1-2. The van der Waals surface area contributed by atoms with Gasteiger partial charge in [-0.25, -0.2) is 0 Å². The van der Waals surface area contributed by atoms with E-state index >= 15 is 0 Å². The molecule has 1 aliphatic rings. The van der Waals surface area contributed by atoms with Gasteiger partial charge in [0.1, 0.15) is 5.69 Å². The standard InChI is InChI=1S/C13H12N2O/c14-13(16)12-6-5-11-10-4-2-1-3-9(10)7-8-15(11)12/h1-6H,7-8H2,(H2,14,16). The summed E-state index contributed by atoms with van der Waals surface area (Å²) < 4.78 is 2.00. The summed E-state index contributed by atoms with van der Waals surface area (Å²) in [6, 6.07) is 12.1. The fourth-order valence-corrected chi connectivity index (χ4v) is 2.38. The van der Waals surface area contributed by atoms with Crippen molar-refractivity contribution in [1.29, 1.82) is 0 Å². The van der Waals surface area contributed by atoms with Gasteiger partial charge in [0.05, 0.1) is 0 Å². The first-order valence-corrected chi connectivity index (χ1v) is 5.35. The number of hydrogen-bond acceptors (Lipinski definition) is 1. The van der Waals surface area contributed by atoms with Crippen molar-refractivity contribution in [2.24, 2.45) is 5.73 Å². The lowest BCUT2D eigenvalue weighted by Gasteiger charge is -2.20. The van der Waals surface area contributed by atoms with Crippen LogP contribution in [0.1, 0.15) is 16.1 Å². The summed E-state index contributed by atoms with van der Waals surface area (Å²) in [6.45, 7) is 0.831. The molecule has 0 saturated carbocycles.